The first kappa shape index (κ1) is 20.1. The third-order valence-electron chi connectivity index (χ3n) is 4.50. The molecule has 3 rings (SSSR count). The van der Waals surface area contributed by atoms with Crippen molar-refractivity contribution in [3.8, 4) is 11.5 Å². The predicted octanol–water partition coefficient (Wildman–Crippen LogP) is 3.35. The molecule has 7 nitrogen and oxygen atoms in total. The molecule has 2 aromatic carbocycles. The molecule has 0 N–H and O–H groups in total. The predicted molar refractivity (Wildman–Crippen MR) is 106 cm³/mol. The maximum Gasteiger partial charge on any atom is 0.344 e. The van der Waals surface area contributed by atoms with Crippen LogP contribution in [0.4, 0.5) is 0 Å². The molecule has 0 unspecified atom stereocenters. The molecule has 0 spiro atoms. The van der Waals surface area contributed by atoms with Crippen LogP contribution in [0.5, 0.6) is 11.5 Å². The van der Waals surface area contributed by atoms with Gasteiger partial charge < -0.3 is 18.6 Å². The highest BCUT2D eigenvalue weighted by atomic mass is 16.6. The van der Waals surface area contributed by atoms with Gasteiger partial charge in [-0.05, 0) is 55.3 Å². The standard InChI is InChI=1S/C22H20O7/c1-13-6-17-16(9-21(24)29-19(17)7-14(13)2)11-28-22(25)12-27-18-5-4-15(10-23)8-20(18)26-3/h4-10H,11-12H2,1-3H3. The average Bonchev–Trinajstić information content (AvgIpc) is 2.71. The molecule has 3 aromatic rings. The summed E-state index contributed by atoms with van der Waals surface area (Å²) in [5, 5.41) is 0.715. The monoisotopic (exact) mass is 396 g/mol. The fraction of sp³-hybridized carbons (Fsp3) is 0.227. The van der Waals surface area contributed by atoms with Crippen LogP contribution in [0.1, 0.15) is 27.0 Å². The van der Waals surface area contributed by atoms with Crippen LogP contribution >= 0.6 is 0 Å². The van der Waals surface area contributed by atoms with E-state index in [9.17, 15) is 14.4 Å². The Labute approximate surface area is 166 Å². The lowest BCUT2D eigenvalue weighted by atomic mass is 10.0. The number of fused-ring (bicyclic) bond motifs is 1. The molecular weight excluding hydrogens is 376 g/mol. The molecule has 1 aromatic heterocycles. The van der Waals surface area contributed by atoms with E-state index in [4.69, 9.17) is 18.6 Å². The second-order valence-corrected chi connectivity index (χ2v) is 6.50. The highest BCUT2D eigenvalue weighted by Crippen LogP contribution is 2.27. The summed E-state index contributed by atoms with van der Waals surface area (Å²) >= 11 is 0. The van der Waals surface area contributed by atoms with Gasteiger partial charge in [0.25, 0.3) is 0 Å². The van der Waals surface area contributed by atoms with Gasteiger partial charge in [0, 0.05) is 22.6 Å². The summed E-state index contributed by atoms with van der Waals surface area (Å²) in [5.41, 5.74) is 2.95. The molecular formula is C22H20O7. The van der Waals surface area contributed by atoms with Crippen LogP contribution in [0.25, 0.3) is 11.0 Å². The van der Waals surface area contributed by atoms with E-state index < -0.39 is 11.6 Å². The summed E-state index contributed by atoms with van der Waals surface area (Å²) < 4.78 is 21.1. The van der Waals surface area contributed by atoms with Crippen LogP contribution in [0, 0.1) is 13.8 Å². The largest absolute Gasteiger partial charge is 0.493 e. The van der Waals surface area contributed by atoms with Crippen LogP contribution in [-0.4, -0.2) is 26.0 Å². The van der Waals surface area contributed by atoms with E-state index in [0.29, 0.717) is 39.9 Å². The summed E-state index contributed by atoms with van der Waals surface area (Å²) in [6.07, 6.45) is 0.685. The van der Waals surface area contributed by atoms with E-state index in [1.165, 1.54) is 25.3 Å². The van der Waals surface area contributed by atoms with Gasteiger partial charge in [0.15, 0.2) is 18.1 Å². The highest BCUT2D eigenvalue weighted by Gasteiger charge is 2.12. The third kappa shape index (κ3) is 4.63. The normalized spacial score (nSPS) is 10.6. The number of methoxy groups -OCH3 is 1. The van der Waals surface area contributed by atoms with E-state index in [1.807, 2.05) is 19.9 Å². The first-order chi connectivity index (χ1) is 13.9. The number of aryl methyl sites for hydroxylation is 2. The van der Waals surface area contributed by atoms with E-state index in [1.54, 1.807) is 12.1 Å². The SMILES string of the molecule is COc1cc(C=O)ccc1OCC(=O)OCc1cc(=O)oc2cc(C)c(C)cc12. The Bertz CT molecular complexity index is 1130. The van der Waals surface area contributed by atoms with Crippen LogP contribution in [0.15, 0.2) is 45.6 Å². The van der Waals surface area contributed by atoms with Gasteiger partial charge in [0.1, 0.15) is 18.5 Å². The maximum atomic E-state index is 12.1. The Hall–Kier alpha value is -3.61. The number of rotatable bonds is 7. The molecule has 0 radical (unpaired) electrons. The number of carbonyl (C=O) groups is 2. The lowest BCUT2D eigenvalue weighted by Crippen LogP contribution is -2.15. The first-order valence-corrected chi connectivity index (χ1v) is 8.87. The van der Waals surface area contributed by atoms with Crippen LogP contribution < -0.4 is 15.1 Å². The number of esters is 1. The number of carbonyl (C=O) groups excluding carboxylic acids is 2. The Kier molecular flexibility index (Phi) is 5.97. The number of hydrogen-bond acceptors (Lipinski definition) is 7. The van der Waals surface area contributed by atoms with Gasteiger partial charge in [-0.1, -0.05) is 0 Å². The summed E-state index contributed by atoms with van der Waals surface area (Å²) in [6, 6.07) is 9.59. The molecule has 0 amide bonds. The molecule has 150 valence electrons. The number of aldehydes is 1. The van der Waals surface area contributed by atoms with E-state index in [0.717, 1.165) is 11.1 Å². The zero-order valence-electron chi connectivity index (χ0n) is 16.3. The number of hydrogen-bond donors (Lipinski definition) is 0. The molecule has 0 aliphatic carbocycles. The quantitative estimate of drug-likeness (QED) is 0.343. The summed E-state index contributed by atoms with van der Waals surface area (Å²) in [5.74, 6) is 0.0311. The molecule has 0 atom stereocenters. The van der Waals surface area contributed by atoms with Crippen molar-refractivity contribution < 1.29 is 28.2 Å². The van der Waals surface area contributed by atoms with Crippen LogP contribution in [0.3, 0.4) is 0 Å². The summed E-state index contributed by atoms with van der Waals surface area (Å²) in [6.45, 7) is 3.43. The Morgan fingerprint density at radius 2 is 1.83 bits per heavy atom. The zero-order valence-corrected chi connectivity index (χ0v) is 16.3. The summed E-state index contributed by atoms with van der Waals surface area (Å²) in [4.78, 5) is 34.7. The van der Waals surface area contributed by atoms with Crippen molar-refractivity contribution in [3.63, 3.8) is 0 Å². The van der Waals surface area contributed by atoms with E-state index >= 15 is 0 Å². The zero-order chi connectivity index (χ0) is 21.0. The maximum absolute atomic E-state index is 12.1. The summed E-state index contributed by atoms with van der Waals surface area (Å²) in [7, 11) is 1.44. The molecule has 0 saturated carbocycles. The molecule has 0 aliphatic heterocycles. The first-order valence-electron chi connectivity index (χ1n) is 8.87. The van der Waals surface area contributed by atoms with Gasteiger partial charge in [0.2, 0.25) is 0 Å². The van der Waals surface area contributed by atoms with Gasteiger partial charge in [-0.2, -0.15) is 0 Å². The van der Waals surface area contributed by atoms with Gasteiger partial charge in [0.05, 0.1) is 7.11 Å². The molecule has 1 heterocycles. The Morgan fingerprint density at radius 3 is 2.55 bits per heavy atom. The van der Waals surface area contributed by atoms with Crippen molar-refractivity contribution in [2.75, 3.05) is 13.7 Å². The van der Waals surface area contributed by atoms with Crippen LogP contribution in [-0.2, 0) is 16.1 Å². The minimum absolute atomic E-state index is 0.0893. The van der Waals surface area contributed by atoms with Gasteiger partial charge in [-0.3, -0.25) is 4.79 Å². The lowest BCUT2D eigenvalue weighted by Gasteiger charge is -2.12. The molecule has 0 saturated heterocycles. The number of ether oxygens (including phenoxy) is 3. The molecule has 7 heteroatoms. The van der Waals surface area contributed by atoms with Gasteiger partial charge in [-0.25, -0.2) is 9.59 Å². The second kappa shape index (κ2) is 8.60. The molecule has 29 heavy (non-hydrogen) atoms. The van der Waals surface area contributed by atoms with Crippen molar-refractivity contribution in [1.82, 2.24) is 0 Å². The minimum Gasteiger partial charge on any atom is -0.493 e. The molecule has 0 bridgehead atoms. The van der Waals surface area contributed by atoms with Gasteiger partial charge >= 0.3 is 11.6 Å². The van der Waals surface area contributed by atoms with Crippen molar-refractivity contribution in [3.05, 3.63) is 69.1 Å². The minimum atomic E-state index is -0.614. The van der Waals surface area contributed by atoms with Crippen molar-refractivity contribution in [2.24, 2.45) is 0 Å². The smallest absolute Gasteiger partial charge is 0.344 e. The van der Waals surface area contributed by atoms with E-state index in [2.05, 4.69) is 0 Å². The van der Waals surface area contributed by atoms with E-state index in [-0.39, 0.29) is 13.2 Å². The van der Waals surface area contributed by atoms with Crippen molar-refractivity contribution in [2.45, 2.75) is 20.5 Å². The second-order valence-electron chi connectivity index (χ2n) is 6.50. The molecule has 0 aliphatic rings. The molecule has 0 fully saturated rings. The van der Waals surface area contributed by atoms with Crippen molar-refractivity contribution >= 4 is 23.2 Å². The Morgan fingerprint density at radius 1 is 1.07 bits per heavy atom. The average molecular weight is 396 g/mol. The Balaban J connectivity index is 1.69. The number of benzene rings is 2. The lowest BCUT2D eigenvalue weighted by molar-refractivity contribution is -0.147. The third-order valence-corrected chi connectivity index (χ3v) is 4.50. The topological polar surface area (TPSA) is 92.0 Å². The van der Waals surface area contributed by atoms with Crippen molar-refractivity contribution in [1.29, 1.82) is 0 Å². The fourth-order valence-corrected chi connectivity index (χ4v) is 2.82. The van der Waals surface area contributed by atoms with Crippen LogP contribution in [0.2, 0.25) is 0 Å². The fourth-order valence-electron chi connectivity index (χ4n) is 2.82. The highest BCUT2D eigenvalue weighted by molar-refractivity contribution is 5.82. The van der Waals surface area contributed by atoms with Gasteiger partial charge in [-0.15, -0.1) is 0 Å².